The van der Waals surface area contributed by atoms with E-state index in [2.05, 4.69) is 10.4 Å². The second-order valence-electron chi connectivity index (χ2n) is 9.56. The molecule has 0 aliphatic rings. The van der Waals surface area contributed by atoms with E-state index < -0.39 is 18.3 Å². The molecule has 0 saturated carbocycles. The number of methoxy groups -OCH3 is 2. The first-order valence-electron chi connectivity index (χ1n) is 13.4. The van der Waals surface area contributed by atoms with Crippen LogP contribution in [-0.2, 0) is 4.79 Å². The Morgan fingerprint density at radius 2 is 1.73 bits per heavy atom. The lowest BCUT2D eigenvalue weighted by molar-refractivity contribution is -0.118. The molecule has 4 aromatic carbocycles. The van der Waals surface area contributed by atoms with Crippen molar-refractivity contribution in [2.75, 3.05) is 26.1 Å². The summed E-state index contributed by atoms with van der Waals surface area (Å²) >= 11 is 0. The molecule has 1 N–H and O–H groups in total. The van der Waals surface area contributed by atoms with E-state index in [0.29, 0.717) is 33.5 Å². The molecule has 0 fully saturated rings. The zero-order valence-corrected chi connectivity index (χ0v) is 23.6. The number of aromatic nitrogens is 2. The molecule has 0 spiro atoms. The summed E-state index contributed by atoms with van der Waals surface area (Å²) in [5.41, 5.74) is 1.57. The first-order valence-corrected chi connectivity index (χ1v) is 13.4. The third-order valence-electron chi connectivity index (χ3n) is 6.66. The monoisotopic (exact) mass is 592 g/mol. The van der Waals surface area contributed by atoms with Crippen molar-refractivity contribution in [2.45, 2.75) is 0 Å². The van der Waals surface area contributed by atoms with Crippen molar-refractivity contribution < 1.29 is 27.8 Å². The van der Waals surface area contributed by atoms with Crippen LogP contribution in [0.25, 0.3) is 33.5 Å². The van der Waals surface area contributed by atoms with Crippen LogP contribution in [0.2, 0.25) is 0 Å². The van der Waals surface area contributed by atoms with Crippen LogP contribution in [0.3, 0.4) is 0 Å². The fourth-order valence-electron chi connectivity index (χ4n) is 4.62. The largest absolute Gasteiger partial charge is 0.493 e. The van der Waals surface area contributed by atoms with E-state index in [1.54, 1.807) is 48.5 Å². The molecule has 0 unspecified atom stereocenters. The van der Waals surface area contributed by atoms with Gasteiger partial charge in [0.05, 0.1) is 31.3 Å². The average Bonchev–Trinajstić information content (AvgIpc) is 3.47. The van der Waals surface area contributed by atoms with E-state index in [4.69, 9.17) is 23.6 Å². The third-order valence-corrected chi connectivity index (χ3v) is 6.66. The standard InChI is InChI=1S/C33H25FN4O6/c1-41-27-14-20(15-28(42-2)31(27)43-19-30(39)36-23-10-7-9-22(34)17-23)18-35-38-32(29-16-21-8-3-6-13-26(21)44-29)37-25-12-5-4-11-24(25)33(38)40/h3-18H,19H2,1-2H3,(H,36,39). The summed E-state index contributed by atoms with van der Waals surface area (Å²) in [5.74, 6) is 0.305. The summed E-state index contributed by atoms with van der Waals surface area (Å²) in [7, 11) is 2.87. The molecule has 0 aliphatic carbocycles. The smallest absolute Gasteiger partial charge is 0.282 e. The number of hydrogen-bond donors (Lipinski definition) is 1. The van der Waals surface area contributed by atoms with E-state index >= 15 is 0 Å². The van der Waals surface area contributed by atoms with Crippen molar-refractivity contribution >= 4 is 39.7 Å². The Morgan fingerprint density at radius 3 is 2.48 bits per heavy atom. The first-order chi connectivity index (χ1) is 21.4. The number of halogens is 1. The second kappa shape index (κ2) is 12.1. The summed E-state index contributed by atoms with van der Waals surface area (Å²) in [6.07, 6.45) is 1.45. The number of carbonyl (C=O) groups is 1. The van der Waals surface area contributed by atoms with Gasteiger partial charge in [0.2, 0.25) is 11.6 Å². The molecule has 6 rings (SSSR count). The lowest BCUT2D eigenvalue weighted by Gasteiger charge is -2.15. The van der Waals surface area contributed by atoms with Crippen molar-refractivity contribution in [2.24, 2.45) is 5.10 Å². The van der Waals surface area contributed by atoms with Crippen LogP contribution in [-0.4, -0.2) is 42.6 Å². The summed E-state index contributed by atoms with van der Waals surface area (Å²) in [6.45, 7) is -0.393. The van der Waals surface area contributed by atoms with Gasteiger partial charge in [-0.1, -0.05) is 36.4 Å². The Labute approximate surface area is 249 Å². The minimum Gasteiger partial charge on any atom is -0.493 e. The highest BCUT2D eigenvalue weighted by atomic mass is 19.1. The van der Waals surface area contributed by atoms with Gasteiger partial charge in [-0.25, -0.2) is 9.37 Å². The molecular weight excluding hydrogens is 567 g/mol. The quantitative estimate of drug-likeness (QED) is 0.209. The highest BCUT2D eigenvalue weighted by molar-refractivity contribution is 5.92. The molecule has 44 heavy (non-hydrogen) atoms. The number of carbonyl (C=O) groups excluding carboxylic acids is 1. The Hall–Kier alpha value is -5.97. The Kier molecular flexibility index (Phi) is 7.75. The number of amides is 1. The van der Waals surface area contributed by atoms with Crippen molar-refractivity contribution in [3.05, 3.63) is 113 Å². The third kappa shape index (κ3) is 5.71. The van der Waals surface area contributed by atoms with E-state index in [0.717, 1.165) is 5.39 Å². The molecule has 0 atom stereocenters. The van der Waals surface area contributed by atoms with E-state index in [-0.39, 0.29) is 28.6 Å². The van der Waals surface area contributed by atoms with E-state index in [1.807, 2.05) is 24.3 Å². The molecule has 11 heteroatoms. The summed E-state index contributed by atoms with van der Waals surface area (Å²) in [6, 6.07) is 25.1. The Balaban J connectivity index is 1.33. The van der Waals surface area contributed by atoms with Gasteiger partial charge in [0, 0.05) is 16.6 Å². The fourth-order valence-corrected chi connectivity index (χ4v) is 4.62. The van der Waals surface area contributed by atoms with Gasteiger partial charge in [-0.3, -0.25) is 9.59 Å². The number of nitrogens with zero attached hydrogens (tertiary/aromatic N) is 3. The van der Waals surface area contributed by atoms with Crippen LogP contribution in [0.1, 0.15) is 5.56 Å². The van der Waals surface area contributed by atoms with Gasteiger partial charge in [0.15, 0.2) is 23.9 Å². The maximum absolute atomic E-state index is 13.6. The number of furan rings is 1. The maximum Gasteiger partial charge on any atom is 0.282 e. The Bertz CT molecular complexity index is 2040. The molecule has 1 amide bonds. The normalized spacial score (nSPS) is 11.2. The number of rotatable bonds is 9. The van der Waals surface area contributed by atoms with Crippen LogP contribution in [0.4, 0.5) is 10.1 Å². The molecule has 0 radical (unpaired) electrons. The second-order valence-corrected chi connectivity index (χ2v) is 9.56. The van der Waals surface area contributed by atoms with Crippen molar-refractivity contribution in [1.29, 1.82) is 0 Å². The van der Waals surface area contributed by atoms with Gasteiger partial charge in [0.25, 0.3) is 11.5 Å². The van der Waals surface area contributed by atoms with E-state index in [1.165, 1.54) is 43.3 Å². The van der Waals surface area contributed by atoms with Crippen LogP contribution >= 0.6 is 0 Å². The summed E-state index contributed by atoms with van der Waals surface area (Å²) in [5, 5.41) is 8.31. The molecule has 2 aromatic heterocycles. The van der Waals surface area contributed by atoms with E-state index in [9.17, 15) is 14.0 Å². The highest BCUT2D eigenvalue weighted by Gasteiger charge is 2.18. The van der Waals surface area contributed by atoms with Crippen LogP contribution < -0.4 is 25.1 Å². The lowest BCUT2D eigenvalue weighted by atomic mass is 10.2. The molecule has 10 nitrogen and oxygen atoms in total. The fraction of sp³-hybridized carbons (Fsp3) is 0.0909. The van der Waals surface area contributed by atoms with Crippen LogP contribution in [0, 0.1) is 5.82 Å². The van der Waals surface area contributed by atoms with Gasteiger partial charge in [-0.15, -0.1) is 0 Å². The van der Waals surface area contributed by atoms with Crippen LogP contribution in [0.15, 0.2) is 105 Å². The van der Waals surface area contributed by atoms with Crippen LogP contribution in [0.5, 0.6) is 17.2 Å². The minimum atomic E-state index is -0.508. The number of anilines is 1. The molecule has 220 valence electrons. The molecular formula is C33H25FN4O6. The van der Waals surface area contributed by atoms with Gasteiger partial charge >= 0.3 is 0 Å². The number of nitrogens with one attached hydrogen (secondary N) is 1. The number of ether oxygens (including phenoxy) is 3. The highest BCUT2D eigenvalue weighted by Crippen LogP contribution is 2.38. The summed E-state index contributed by atoms with van der Waals surface area (Å²) < 4.78 is 37.4. The number of fused-ring (bicyclic) bond motifs is 2. The predicted molar refractivity (Wildman–Crippen MR) is 164 cm³/mol. The Morgan fingerprint density at radius 1 is 0.977 bits per heavy atom. The number of benzene rings is 4. The average molecular weight is 593 g/mol. The molecule has 0 bridgehead atoms. The van der Waals surface area contributed by atoms with Gasteiger partial charge in [-0.2, -0.15) is 9.78 Å². The number of para-hydroxylation sites is 2. The van der Waals surface area contributed by atoms with Gasteiger partial charge < -0.3 is 23.9 Å². The predicted octanol–water partition coefficient (Wildman–Crippen LogP) is 5.87. The molecule has 0 saturated heterocycles. The topological polar surface area (TPSA) is 117 Å². The minimum absolute atomic E-state index is 0.175. The SMILES string of the molecule is COc1cc(C=Nn2c(-c3cc4ccccc4o3)nc3ccccc3c2=O)cc(OC)c1OCC(=O)Nc1cccc(F)c1. The van der Waals surface area contributed by atoms with Crippen molar-refractivity contribution in [3.63, 3.8) is 0 Å². The first kappa shape index (κ1) is 28.2. The molecule has 2 heterocycles. The van der Waals surface area contributed by atoms with Crippen molar-refractivity contribution in [1.82, 2.24) is 9.66 Å². The molecule has 6 aromatic rings. The number of hydrogen-bond acceptors (Lipinski definition) is 8. The maximum atomic E-state index is 13.6. The lowest BCUT2D eigenvalue weighted by Crippen LogP contribution is -2.20. The zero-order valence-electron chi connectivity index (χ0n) is 23.6. The van der Waals surface area contributed by atoms with Gasteiger partial charge in [-0.05, 0) is 54.6 Å². The zero-order chi connectivity index (χ0) is 30.6. The van der Waals surface area contributed by atoms with Crippen molar-refractivity contribution in [3.8, 4) is 28.8 Å². The molecule has 0 aliphatic heterocycles. The summed E-state index contributed by atoms with van der Waals surface area (Å²) in [4.78, 5) is 30.7. The van der Waals surface area contributed by atoms with Gasteiger partial charge in [0.1, 0.15) is 11.4 Å².